The molecule has 0 radical (unpaired) electrons. The lowest BCUT2D eigenvalue weighted by molar-refractivity contribution is 0.0526. The number of aromatic nitrogens is 1. The Morgan fingerprint density at radius 3 is 3.18 bits per heavy atom. The minimum Gasteiger partial charge on any atom is -0.462 e. The minimum atomic E-state index is -0.841. The molecule has 0 spiro atoms. The zero-order valence-corrected chi connectivity index (χ0v) is 9.73. The number of rotatable bonds is 3. The molecule has 1 aromatic rings. The van der Waals surface area contributed by atoms with Crippen molar-refractivity contribution >= 4 is 11.8 Å². The molecule has 1 saturated heterocycles. The van der Waals surface area contributed by atoms with E-state index in [-0.39, 0.29) is 0 Å². The molecular formula is C12H15FN2O2. The van der Waals surface area contributed by atoms with Crippen LogP contribution in [0, 0.1) is 0 Å². The van der Waals surface area contributed by atoms with E-state index in [4.69, 9.17) is 4.74 Å². The number of carbonyl (C=O) groups excluding carboxylic acids is 1. The van der Waals surface area contributed by atoms with E-state index in [9.17, 15) is 9.18 Å². The highest BCUT2D eigenvalue weighted by Gasteiger charge is 2.26. The van der Waals surface area contributed by atoms with Crippen molar-refractivity contribution in [2.75, 3.05) is 24.6 Å². The summed E-state index contributed by atoms with van der Waals surface area (Å²) in [5.41, 5.74) is 0.406. The molecular weight excluding hydrogens is 223 g/mol. The fourth-order valence-corrected chi connectivity index (χ4v) is 1.93. The number of esters is 1. The van der Waals surface area contributed by atoms with Gasteiger partial charge in [0.25, 0.3) is 0 Å². The van der Waals surface area contributed by atoms with Crippen LogP contribution in [0.1, 0.15) is 23.7 Å². The number of anilines is 1. The van der Waals surface area contributed by atoms with Gasteiger partial charge < -0.3 is 9.64 Å². The second kappa shape index (κ2) is 5.12. The third kappa shape index (κ3) is 2.54. The first kappa shape index (κ1) is 11.8. The Balaban J connectivity index is 2.24. The summed E-state index contributed by atoms with van der Waals surface area (Å²) in [5, 5.41) is 0. The summed E-state index contributed by atoms with van der Waals surface area (Å²) in [5.74, 6) is 0.115. The second-order valence-corrected chi connectivity index (χ2v) is 3.93. The Bertz CT molecular complexity index is 411. The van der Waals surface area contributed by atoms with E-state index in [1.807, 2.05) is 0 Å². The largest absolute Gasteiger partial charge is 0.462 e. The van der Waals surface area contributed by atoms with E-state index < -0.39 is 12.1 Å². The predicted molar refractivity (Wildman–Crippen MR) is 61.9 cm³/mol. The van der Waals surface area contributed by atoms with Gasteiger partial charge in [0, 0.05) is 12.7 Å². The fourth-order valence-electron chi connectivity index (χ4n) is 1.93. The maximum atomic E-state index is 13.2. The van der Waals surface area contributed by atoms with Crippen LogP contribution in [0.3, 0.4) is 0 Å². The Morgan fingerprint density at radius 1 is 1.71 bits per heavy atom. The Kier molecular flexibility index (Phi) is 3.56. The summed E-state index contributed by atoms with van der Waals surface area (Å²) in [6, 6.07) is 3.34. The molecule has 2 heterocycles. The molecule has 1 aromatic heterocycles. The van der Waals surface area contributed by atoms with Crippen molar-refractivity contribution in [1.82, 2.24) is 4.98 Å². The first-order valence-corrected chi connectivity index (χ1v) is 5.73. The molecule has 1 fully saturated rings. The standard InChI is InChI=1S/C12H15FN2O2/c1-2-17-12(16)10-4-3-6-14-11(10)15-7-5-9(13)8-15/h3-4,6,9H,2,5,7-8H2,1H3/t9-/m0/s1. The Labute approximate surface area is 99.4 Å². The van der Waals surface area contributed by atoms with Crippen LogP contribution in [-0.4, -0.2) is 36.8 Å². The van der Waals surface area contributed by atoms with E-state index in [0.29, 0.717) is 37.5 Å². The van der Waals surface area contributed by atoms with Gasteiger partial charge in [0.2, 0.25) is 0 Å². The zero-order valence-electron chi connectivity index (χ0n) is 9.73. The highest BCUT2D eigenvalue weighted by atomic mass is 19.1. The molecule has 0 bridgehead atoms. The van der Waals surface area contributed by atoms with Gasteiger partial charge in [0.15, 0.2) is 0 Å². The summed E-state index contributed by atoms with van der Waals surface area (Å²) >= 11 is 0. The van der Waals surface area contributed by atoms with Crippen molar-refractivity contribution in [3.63, 3.8) is 0 Å². The van der Waals surface area contributed by atoms with E-state index in [1.54, 1.807) is 30.2 Å². The summed E-state index contributed by atoms with van der Waals surface area (Å²) in [4.78, 5) is 17.7. The van der Waals surface area contributed by atoms with Crippen molar-refractivity contribution in [3.8, 4) is 0 Å². The van der Waals surface area contributed by atoms with E-state index in [1.165, 1.54) is 0 Å². The number of ether oxygens (including phenoxy) is 1. The van der Waals surface area contributed by atoms with Gasteiger partial charge >= 0.3 is 5.97 Å². The summed E-state index contributed by atoms with van der Waals surface area (Å²) in [7, 11) is 0. The van der Waals surface area contributed by atoms with E-state index >= 15 is 0 Å². The average Bonchev–Trinajstić information content (AvgIpc) is 2.76. The van der Waals surface area contributed by atoms with Crippen LogP contribution in [-0.2, 0) is 4.74 Å². The van der Waals surface area contributed by atoms with Gasteiger partial charge in [-0.3, -0.25) is 0 Å². The lowest BCUT2D eigenvalue weighted by atomic mass is 10.2. The number of nitrogens with zero attached hydrogens (tertiary/aromatic N) is 2. The predicted octanol–water partition coefficient (Wildman–Crippen LogP) is 1.81. The molecule has 0 unspecified atom stereocenters. The molecule has 5 heteroatoms. The second-order valence-electron chi connectivity index (χ2n) is 3.93. The number of alkyl halides is 1. The van der Waals surface area contributed by atoms with Gasteiger partial charge in [-0.15, -0.1) is 0 Å². The quantitative estimate of drug-likeness (QED) is 0.753. The molecule has 2 rings (SSSR count). The first-order chi connectivity index (χ1) is 8.22. The molecule has 0 N–H and O–H groups in total. The fraction of sp³-hybridized carbons (Fsp3) is 0.500. The van der Waals surface area contributed by atoms with Crippen molar-refractivity contribution in [2.24, 2.45) is 0 Å². The number of halogens is 1. The van der Waals surface area contributed by atoms with Crippen molar-refractivity contribution in [1.29, 1.82) is 0 Å². The van der Waals surface area contributed by atoms with Crippen LogP contribution in [0.15, 0.2) is 18.3 Å². The van der Waals surface area contributed by atoms with E-state index in [2.05, 4.69) is 4.98 Å². The third-order valence-electron chi connectivity index (χ3n) is 2.71. The van der Waals surface area contributed by atoms with Crippen molar-refractivity contribution in [3.05, 3.63) is 23.9 Å². The van der Waals surface area contributed by atoms with Gasteiger partial charge in [0.1, 0.15) is 17.6 Å². The van der Waals surface area contributed by atoms with Crippen LogP contribution >= 0.6 is 0 Å². The molecule has 0 amide bonds. The van der Waals surface area contributed by atoms with Crippen LogP contribution in [0.25, 0.3) is 0 Å². The third-order valence-corrected chi connectivity index (χ3v) is 2.71. The smallest absolute Gasteiger partial charge is 0.341 e. The van der Waals surface area contributed by atoms with Crippen LogP contribution in [0.5, 0.6) is 0 Å². The summed E-state index contributed by atoms with van der Waals surface area (Å²) < 4.78 is 18.1. The normalized spacial score (nSPS) is 19.4. The van der Waals surface area contributed by atoms with Crippen LogP contribution in [0.2, 0.25) is 0 Å². The Morgan fingerprint density at radius 2 is 2.53 bits per heavy atom. The van der Waals surface area contributed by atoms with Crippen molar-refractivity contribution < 1.29 is 13.9 Å². The molecule has 92 valence electrons. The number of hydrogen-bond acceptors (Lipinski definition) is 4. The van der Waals surface area contributed by atoms with E-state index in [0.717, 1.165) is 0 Å². The molecule has 1 aliphatic heterocycles. The topological polar surface area (TPSA) is 42.4 Å². The number of hydrogen-bond donors (Lipinski definition) is 0. The highest BCUT2D eigenvalue weighted by Crippen LogP contribution is 2.23. The summed E-state index contributed by atoms with van der Waals surface area (Å²) in [6.45, 7) is 2.95. The van der Waals surface area contributed by atoms with Crippen LogP contribution < -0.4 is 4.90 Å². The Hall–Kier alpha value is -1.65. The molecule has 1 atom stereocenters. The number of pyridine rings is 1. The lowest BCUT2D eigenvalue weighted by Gasteiger charge is -2.18. The molecule has 1 aliphatic rings. The first-order valence-electron chi connectivity index (χ1n) is 5.73. The minimum absolute atomic E-state index is 0.295. The average molecular weight is 238 g/mol. The van der Waals surface area contributed by atoms with Gasteiger partial charge in [-0.1, -0.05) is 0 Å². The van der Waals surface area contributed by atoms with Gasteiger partial charge in [-0.2, -0.15) is 0 Å². The lowest BCUT2D eigenvalue weighted by Crippen LogP contribution is -2.24. The number of carbonyl (C=O) groups is 1. The van der Waals surface area contributed by atoms with Crippen molar-refractivity contribution in [2.45, 2.75) is 19.5 Å². The van der Waals surface area contributed by atoms with Gasteiger partial charge in [-0.05, 0) is 25.5 Å². The monoisotopic (exact) mass is 238 g/mol. The highest BCUT2D eigenvalue weighted by molar-refractivity contribution is 5.94. The van der Waals surface area contributed by atoms with Crippen LogP contribution in [0.4, 0.5) is 10.2 Å². The SMILES string of the molecule is CCOC(=O)c1cccnc1N1CC[C@H](F)C1. The maximum absolute atomic E-state index is 13.2. The molecule has 0 saturated carbocycles. The molecule has 0 aliphatic carbocycles. The van der Waals surface area contributed by atoms with Gasteiger partial charge in [-0.25, -0.2) is 14.2 Å². The summed E-state index contributed by atoms with van der Waals surface area (Å²) in [6.07, 6.45) is 1.25. The molecule has 17 heavy (non-hydrogen) atoms. The molecule has 0 aromatic carbocycles. The maximum Gasteiger partial charge on any atom is 0.341 e. The molecule has 4 nitrogen and oxygen atoms in total. The van der Waals surface area contributed by atoms with Gasteiger partial charge in [0.05, 0.1) is 13.2 Å². The zero-order chi connectivity index (χ0) is 12.3.